The Morgan fingerprint density at radius 3 is 2.77 bits per heavy atom. The van der Waals surface area contributed by atoms with Gasteiger partial charge in [-0.2, -0.15) is 0 Å². The van der Waals surface area contributed by atoms with Crippen LogP contribution in [-0.2, 0) is 17.7 Å². The van der Waals surface area contributed by atoms with Crippen molar-refractivity contribution in [1.82, 2.24) is 14.9 Å². The molecule has 5 heteroatoms. The second-order valence-corrected chi connectivity index (χ2v) is 7.53. The van der Waals surface area contributed by atoms with Gasteiger partial charge in [0.15, 0.2) is 0 Å². The van der Waals surface area contributed by atoms with Crippen LogP contribution in [0.1, 0.15) is 36.9 Å². The highest BCUT2D eigenvalue weighted by Gasteiger charge is 2.17. The molecule has 1 aliphatic carbocycles. The quantitative estimate of drug-likeness (QED) is 0.898. The molecule has 0 unspecified atom stereocenters. The second kappa shape index (κ2) is 8.14. The summed E-state index contributed by atoms with van der Waals surface area (Å²) < 4.78 is 5.42. The Kier molecular flexibility index (Phi) is 5.46. The van der Waals surface area contributed by atoms with E-state index in [2.05, 4.69) is 28.1 Å². The SMILES string of the molecule is O=c1cc(CC2CCCC2)nc(-c2cccc(CN3CCOCC3)c2)[nH]1. The summed E-state index contributed by atoms with van der Waals surface area (Å²) in [4.78, 5) is 22.2. The number of hydrogen-bond donors (Lipinski definition) is 1. The van der Waals surface area contributed by atoms with Crippen molar-refractivity contribution in [3.8, 4) is 11.4 Å². The van der Waals surface area contributed by atoms with Gasteiger partial charge in [0.05, 0.1) is 13.2 Å². The predicted octanol–water partition coefficient (Wildman–Crippen LogP) is 3.00. The number of ether oxygens (including phenoxy) is 1. The van der Waals surface area contributed by atoms with Crippen molar-refractivity contribution in [3.05, 3.63) is 51.9 Å². The van der Waals surface area contributed by atoms with E-state index in [9.17, 15) is 4.79 Å². The lowest BCUT2D eigenvalue weighted by Gasteiger charge is -2.26. The maximum absolute atomic E-state index is 12.1. The van der Waals surface area contributed by atoms with Gasteiger partial charge in [-0.25, -0.2) is 4.98 Å². The van der Waals surface area contributed by atoms with Gasteiger partial charge in [0.1, 0.15) is 5.82 Å². The minimum Gasteiger partial charge on any atom is -0.379 e. The fraction of sp³-hybridized carbons (Fsp3) is 0.524. The van der Waals surface area contributed by atoms with E-state index >= 15 is 0 Å². The van der Waals surface area contributed by atoms with Gasteiger partial charge in [0.25, 0.3) is 5.56 Å². The Bertz CT molecular complexity index is 790. The zero-order chi connectivity index (χ0) is 17.8. The highest BCUT2D eigenvalue weighted by atomic mass is 16.5. The van der Waals surface area contributed by atoms with Crippen LogP contribution in [0.2, 0.25) is 0 Å². The van der Waals surface area contributed by atoms with Gasteiger partial charge >= 0.3 is 0 Å². The molecule has 0 spiro atoms. The Labute approximate surface area is 154 Å². The standard InChI is InChI=1S/C21H27N3O2/c25-20-14-19(13-16-4-1-2-5-16)22-21(23-20)18-7-3-6-17(12-18)15-24-8-10-26-11-9-24/h3,6-7,12,14,16H,1-2,4-5,8-11,13,15H2,(H,22,23,25). The number of H-pyrrole nitrogens is 1. The molecule has 0 atom stereocenters. The average molecular weight is 353 g/mol. The molecule has 2 fully saturated rings. The van der Waals surface area contributed by atoms with E-state index in [1.807, 2.05) is 6.07 Å². The summed E-state index contributed by atoms with van der Waals surface area (Å²) in [5.74, 6) is 1.37. The van der Waals surface area contributed by atoms with Crippen LogP contribution in [0.3, 0.4) is 0 Å². The summed E-state index contributed by atoms with van der Waals surface area (Å²) in [7, 11) is 0. The van der Waals surface area contributed by atoms with Gasteiger partial charge in [-0.05, 0) is 24.0 Å². The minimum atomic E-state index is -0.0541. The van der Waals surface area contributed by atoms with Crippen LogP contribution in [-0.4, -0.2) is 41.2 Å². The van der Waals surface area contributed by atoms with Gasteiger partial charge < -0.3 is 9.72 Å². The average Bonchev–Trinajstić information content (AvgIpc) is 3.15. The molecule has 1 saturated heterocycles. The van der Waals surface area contributed by atoms with E-state index in [0.717, 1.165) is 50.5 Å². The van der Waals surface area contributed by atoms with Crippen molar-refractivity contribution < 1.29 is 4.74 Å². The molecule has 1 aliphatic heterocycles. The number of morpholine rings is 1. The van der Waals surface area contributed by atoms with E-state index in [1.165, 1.54) is 31.2 Å². The first-order valence-electron chi connectivity index (χ1n) is 9.76. The summed E-state index contributed by atoms with van der Waals surface area (Å²) in [5.41, 5.74) is 3.10. The molecule has 2 aromatic rings. The number of hydrogen-bond acceptors (Lipinski definition) is 4. The molecule has 0 radical (unpaired) electrons. The van der Waals surface area contributed by atoms with Gasteiger partial charge in [0.2, 0.25) is 0 Å². The molecule has 1 N–H and O–H groups in total. The number of nitrogens with zero attached hydrogens (tertiary/aromatic N) is 2. The second-order valence-electron chi connectivity index (χ2n) is 7.53. The van der Waals surface area contributed by atoms with Crippen LogP contribution in [0.4, 0.5) is 0 Å². The van der Waals surface area contributed by atoms with Gasteiger partial charge in [-0.3, -0.25) is 9.69 Å². The van der Waals surface area contributed by atoms with Gasteiger partial charge in [-0.1, -0.05) is 43.9 Å². The molecule has 1 aromatic carbocycles. The Balaban J connectivity index is 1.53. The van der Waals surface area contributed by atoms with E-state index in [4.69, 9.17) is 9.72 Å². The third-order valence-electron chi connectivity index (χ3n) is 5.48. The zero-order valence-corrected chi connectivity index (χ0v) is 15.2. The number of aromatic nitrogens is 2. The van der Waals surface area contributed by atoms with Gasteiger partial charge in [-0.15, -0.1) is 0 Å². The van der Waals surface area contributed by atoms with Crippen LogP contribution in [0, 0.1) is 5.92 Å². The Morgan fingerprint density at radius 1 is 1.15 bits per heavy atom. The third kappa shape index (κ3) is 4.40. The molecular formula is C21H27N3O2. The molecule has 5 nitrogen and oxygen atoms in total. The van der Waals surface area contributed by atoms with Crippen LogP contribution >= 0.6 is 0 Å². The normalized spacial score (nSPS) is 19.1. The Hall–Kier alpha value is -1.98. The molecule has 1 saturated carbocycles. The molecular weight excluding hydrogens is 326 g/mol. The molecule has 0 bridgehead atoms. The van der Waals surface area contributed by atoms with E-state index in [0.29, 0.717) is 11.7 Å². The third-order valence-corrected chi connectivity index (χ3v) is 5.48. The molecule has 2 aliphatic rings. The smallest absolute Gasteiger partial charge is 0.251 e. The fourth-order valence-electron chi connectivity index (χ4n) is 4.09. The first-order valence-corrected chi connectivity index (χ1v) is 9.76. The first-order chi connectivity index (χ1) is 12.8. The van der Waals surface area contributed by atoms with Crippen molar-refractivity contribution in [2.24, 2.45) is 5.92 Å². The molecule has 138 valence electrons. The lowest BCUT2D eigenvalue weighted by molar-refractivity contribution is 0.0342. The summed E-state index contributed by atoms with van der Waals surface area (Å²) >= 11 is 0. The maximum Gasteiger partial charge on any atom is 0.251 e. The molecule has 0 amide bonds. The van der Waals surface area contributed by atoms with Crippen molar-refractivity contribution in [2.75, 3.05) is 26.3 Å². The highest BCUT2D eigenvalue weighted by Crippen LogP contribution is 2.27. The first kappa shape index (κ1) is 17.4. The maximum atomic E-state index is 12.1. The number of rotatable bonds is 5. The van der Waals surface area contributed by atoms with Crippen LogP contribution < -0.4 is 5.56 Å². The molecule has 2 heterocycles. The number of benzene rings is 1. The largest absolute Gasteiger partial charge is 0.379 e. The number of aromatic amines is 1. The van der Waals surface area contributed by atoms with E-state index in [1.54, 1.807) is 6.07 Å². The summed E-state index contributed by atoms with van der Waals surface area (Å²) in [6, 6.07) is 10.0. The number of nitrogens with one attached hydrogen (secondary N) is 1. The Morgan fingerprint density at radius 2 is 1.96 bits per heavy atom. The summed E-state index contributed by atoms with van der Waals surface area (Å²) in [6.45, 7) is 4.45. The summed E-state index contributed by atoms with van der Waals surface area (Å²) in [6.07, 6.45) is 6.07. The predicted molar refractivity (Wildman–Crippen MR) is 102 cm³/mol. The summed E-state index contributed by atoms with van der Waals surface area (Å²) in [5, 5.41) is 0. The van der Waals surface area contributed by atoms with Crippen molar-refractivity contribution in [3.63, 3.8) is 0 Å². The minimum absolute atomic E-state index is 0.0541. The lowest BCUT2D eigenvalue weighted by Crippen LogP contribution is -2.35. The van der Waals surface area contributed by atoms with Crippen LogP contribution in [0.25, 0.3) is 11.4 Å². The van der Waals surface area contributed by atoms with Crippen LogP contribution in [0.5, 0.6) is 0 Å². The molecule has 26 heavy (non-hydrogen) atoms. The van der Waals surface area contributed by atoms with Gasteiger partial charge in [0, 0.05) is 37.0 Å². The lowest BCUT2D eigenvalue weighted by atomic mass is 10.0. The zero-order valence-electron chi connectivity index (χ0n) is 15.2. The highest BCUT2D eigenvalue weighted by molar-refractivity contribution is 5.56. The molecule has 1 aromatic heterocycles. The van der Waals surface area contributed by atoms with Crippen molar-refractivity contribution in [1.29, 1.82) is 0 Å². The van der Waals surface area contributed by atoms with Crippen molar-refractivity contribution in [2.45, 2.75) is 38.6 Å². The monoisotopic (exact) mass is 353 g/mol. The fourth-order valence-corrected chi connectivity index (χ4v) is 4.09. The molecule has 4 rings (SSSR count). The van der Waals surface area contributed by atoms with Crippen molar-refractivity contribution >= 4 is 0 Å². The topological polar surface area (TPSA) is 58.2 Å². The van der Waals surface area contributed by atoms with E-state index < -0.39 is 0 Å². The van der Waals surface area contributed by atoms with E-state index in [-0.39, 0.29) is 5.56 Å². The van der Waals surface area contributed by atoms with Crippen LogP contribution in [0.15, 0.2) is 35.1 Å².